The van der Waals surface area contributed by atoms with Crippen LogP contribution in [0.2, 0.25) is 10.0 Å². The summed E-state index contributed by atoms with van der Waals surface area (Å²) in [4.78, 5) is 0. The molecule has 2 nitrogen and oxygen atoms in total. The molecule has 1 aromatic heterocycles. The second kappa shape index (κ2) is 6.26. The quantitative estimate of drug-likeness (QED) is 0.569. The van der Waals surface area contributed by atoms with Gasteiger partial charge in [0.15, 0.2) is 0 Å². The third-order valence-corrected chi connectivity index (χ3v) is 3.80. The van der Waals surface area contributed by atoms with E-state index < -0.39 is 18.1 Å². The highest BCUT2D eigenvalue weighted by molar-refractivity contribution is 6.35. The summed E-state index contributed by atoms with van der Waals surface area (Å²) in [5, 5.41) is 4.17. The predicted molar refractivity (Wildman–Crippen MR) is 83.9 cm³/mol. The van der Waals surface area contributed by atoms with Crippen LogP contribution in [0.3, 0.4) is 0 Å². The Bertz CT molecular complexity index is 848. The summed E-state index contributed by atoms with van der Waals surface area (Å²) >= 11 is 11.8. The molecule has 0 saturated carbocycles. The van der Waals surface area contributed by atoms with Gasteiger partial charge in [-0.3, -0.25) is 0 Å². The molecule has 3 rings (SSSR count). The van der Waals surface area contributed by atoms with Crippen LogP contribution >= 0.6 is 23.2 Å². The molecule has 0 spiro atoms. The molecule has 0 aliphatic heterocycles. The molecule has 0 unspecified atom stereocenters. The number of nitrogens with zero attached hydrogens (tertiary/aromatic N) is 2. The Morgan fingerprint density at radius 3 is 2.30 bits per heavy atom. The van der Waals surface area contributed by atoms with Crippen molar-refractivity contribution in [1.82, 2.24) is 9.78 Å². The highest BCUT2D eigenvalue weighted by Crippen LogP contribution is 2.35. The first-order valence-electron chi connectivity index (χ1n) is 6.56. The zero-order valence-corrected chi connectivity index (χ0v) is 13.0. The van der Waals surface area contributed by atoms with Crippen LogP contribution in [0.1, 0.15) is 12.1 Å². The van der Waals surface area contributed by atoms with E-state index in [1.54, 1.807) is 30.3 Å². The lowest BCUT2D eigenvalue weighted by Gasteiger charge is -2.05. The molecule has 0 N–H and O–H groups in total. The first-order chi connectivity index (χ1) is 11.0. The average Bonchev–Trinajstić information content (AvgIpc) is 2.86. The molecule has 1 heterocycles. The summed E-state index contributed by atoms with van der Waals surface area (Å²) in [6.45, 7) is 0. The van der Waals surface area contributed by atoms with Crippen LogP contribution in [-0.4, -0.2) is 9.78 Å². The van der Waals surface area contributed by atoms with Crippen LogP contribution in [0.15, 0.2) is 48.5 Å². The molecule has 23 heavy (non-hydrogen) atoms. The number of rotatable bonds is 3. The van der Waals surface area contributed by atoms with Crippen molar-refractivity contribution in [2.75, 3.05) is 0 Å². The third-order valence-electron chi connectivity index (χ3n) is 3.26. The van der Waals surface area contributed by atoms with Crippen molar-refractivity contribution in [3.63, 3.8) is 0 Å². The smallest absolute Gasteiger partial charge is 0.204 e. The highest BCUT2D eigenvalue weighted by atomic mass is 35.5. The van der Waals surface area contributed by atoms with Gasteiger partial charge < -0.3 is 0 Å². The first kappa shape index (κ1) is 15.9. The molecule has 0 fully saturated rings. The largest absolute Gasteiger partial charge is 0.282 e. The minimum Gasteiger partial charge on any atom is -0.204 e. The maximum absolute atomic E-state index is 14.8. The molecule has 7 heteroatoms. The number of benzene rings is 2. The molecule has 0 radical (unpaired) electrons. The van der Waals surface area contributed by atoms with Crippen molar-refractivity contribution in [2.24, 2.45) is 0 Å². The molecule has 0 aliphatic carbocycles. The van der Waals surface area contributed by atoms with Gasteiger partial charge in [0.1, 0.15) is 5.69 Å². The topological polar surface area (TPSA) is 17.8 Å². The Labute approximate surface area is 140 Å². The first-order valence-corrected chi connectivity index (χ1v) is 7.32. The minimum atomic E-state index is -2.92. The predicted octanol–water partition coefficient (Wildman–Crippen LogP) is 5.92. The van der Waals surface area contributed by atoms with Crippen LogP contribution in [0.25, 0.3) is 16.8 Å². The van der Waals surface area contributed by atoms with Crippen molar-refractivity contribution < 1.29 is 13.2 Å². The van der Waals surface area contributed by atoms with Gasteiger partial charge in [0, 0.05) is 5.02 Å². The van der Waals surface area contributed by atoms with Gasteiger partial charge in [0.05, 0.1) is 16.3 Å². The maximum Gasteiger partial charge on any atom is 0.282 e. The number of alkyl halides is 2. The number of aromatic nitrogens is 2. The third kappa shape index (κ3) is 2.94. The zero-order chi connectivity index (χ0) is 16.6. The lowest BCUT2D eigenvalue weighted by Crippen LogP contribution is -2.01. The van der Waals surface area contributed by atoms with Crippen molar-refractivity contribution >= 4 is 23.2 Å². The highest BCUT2D eigenvalue weighted by Gasteiger charge is 2.26. The van der Waals surface area contributed by atoms with E-state index in [2.05, 4.69) is 5.10 Å². The molecule has 2 aromatic carbocycles. The Morgan fingerprint density at radius 1 is 1.00 bits per heavy atom. The Kier molecular flexibility index (Phi) is 4.33. The van der Waals surface area contributed by atoms with Crippen molar-refractivity contribution in [2.45, 2.75) is 6.43 Å². The monoisotopic (exact) mass is 356 g/mol. The van der Waals surface area contributed by atoms with Gasteiger partial charge in [-0.25, -0.2) is 13.5 Å². The SMILES string of the molecule is Fc1c(-c2ccccc2)c(C(F)F)nn1-c1ccc(Cl)cc1Cl. The van der Waals surface area contributed by atoms with Crippen molar-refractivity contribution in [3.05, 3.63) is 70.2 Å². The number of hydrogen-bond acceptors (Lipinski definition) is 1. The van der Waals surface area contributed by atoms with Crippen molar-refractivity contribution in [1.29, 1.82) is 0 Å². The lowest BCUT2D eigenvalue weighted by molar-refractivity contribution is 0.146. The molecule has 0 bridgehead atoms. The Balaban J connectivity index is 2.24. The van der Waals surface area contributed by atoms with E-state index in [1.807, 2.05) is 0 Å². The van der Waals surface area contributed by atoms with E-state index in [9.17, 15) is 13.2 Å². The fraction of sp³-hybridized carbons (Fsp3) is 0.0625. The van der Waals surface area contributed by atoms with Gasteiger partial charge in [0.25, 0.3) is 6.43 Å². The van der Waals surface area contributed by atoms with Gasteiger partial charge in [0.2, 0.25) is 5.95 Å². The average molecular weight is 357 g/mol. The van der Waals surface area contributed by atoms with Crippen LogP contribution in [0.5, 0.6) is 0 Å². The van der Waals surface area contributed by atoms with Gasteiger partial charge in [-0.1, -0.05) is 53.5 Å². The molecule has 0 atom stereocenters. The van der Waals surface area contributed by atoms with E-state index in [0.29, 0.717) is 10.6 Å². The van der Waals surface area contributed by atoms with E-state index in [0.717, 1.165) is 4.68 Å². The van der Waals surface area contributed by atoms with E-state index in [4.69, 9.17) is 23.2 Å². The number of halogens is 5. The van der Waals surface area contributed by atoms with Crippen LogP contribution < -0.4 is 0 Å². The van der Waals surface area contributed by atoms with Crippen LogP contribution in [0, 0.1) is 5.95 Å². The van der Waals surface area contributed by atoms with E-state index >= 15 is 0 Å². The summed E-state index contributed by atoms with van der Waals surface area (Å²) in [5.74, 6) is -0.907. The normalized spacial score (nSPS) is 11.2. The van der Waals surface area contributed by atoms with Crippen molar-refractivity contribution in [3.8, 4) is 16.8 Å². The van der Waals surface area contributed by atoms with Gasteiger partial charge in [-0.05, 0) is 23.8 Å². The minimum absolute atomic E-state index is 0.110. The number of hydrogen-bond donors (Lipinski definition) is 0. The second-order valence-electron chi connectivity index (χ2n) is 4.73. The fourth-order valence-corrected chi connectivity index (χ4v) is 2.74. The van der Waals surface area contributed by atoms with Gasteiger partial charge in [-0.2, -0.15) is 9.49 Å². The summed E-state index contributed by atoms with van der Waals surface area (Å²) < 4.78 is 42.1. The summed E-state index contributed by atoms with van der Waals surface area (Å²) in [6.07, 6.45) is -2.92. The summed E-state index contributed by atoms with van der Waals surface area (Å²) in [5.41, 5.74) is -0.430. The van der Waals surface area contributed by atoms with Gasteiger partial charge in [-0.15, -0.1) is 0 Å². The molecular formula is C16H9Cl2F3N2. The standard InChI is InChI=1S/C16H9Cl2F3N2/c17-10-6-7-12(11(18)8-10)23-16(21)13(14(22-23)15(19)20)9-4-2-1-3-5-9/h1-8,15H. The molecule has 118 valence electrons. The fourth-order valence-electron chi connectivity index (χ4n) is 2.25. The van der Waals surface area contributed by atoms with Crippen LogP contribution in [0.4, 0.5) is 13.2 Å². The maximum atomic E-state index is 14.8. The molecule has 0 amide bonds. The van der Waals surface area contributed by atoms with E-state index in [1.165, 1.54) is 18.2 Å². The summed E-state index contributed by atoms with van der Waals surface area (Å²) in [6, 6.07) is 12.4. The molecule has 0 saturated heterocycles. The molecular weight excluding hydrogens is 348 g/mol. The zero-order valence-electron chi connectivity index (χ0n) is 11.5. The Hall–Kier alpha value is -1.98. The molecule has 3 aromatic rings. The second-order valence-corrected chi connectivity index (χ2v) is 5.57. The lowest BCUT2D eigenvalue weighted by atomic mass is 10.1. The molecule has 0 aliphatic rings. The van der Waals surface area contributed by atoms with Gasteiger partial charge >= 0.3 is 0 Å². The van der Waals surface area contributed by atoms with Crippen LogP contribution in [-0.2, 0) is 0 Å². The summed E-state index contributed by atoms with van der Waals surface area (Å²) in [7, 11) is 0. The van der Waals surface area contributed by atoms with E-state index in [-0.39, 0.29) is 16.3 Å². The Morgan fingerprint density at radius 2 is 1.70 bits per heavy atom.